The van der Waals surface area contributed by atoms with Crippen LogP contribution in [0, 0.1) is 5.82 Å². The van der Waals surface area contributed by atoms with Gasteiger partial charge in [0.25, 0.3) is 0 Å². The van der Waals surface area contributed by atoms with Crippen LogP contribution in [0.5, 0.6) is 0 Å². The second kappa shape index (κ2) is 6.47. The zero-order valence-corrected chi connectivity index (χ0v) is 13.5. The predicted octanol–water partition coefficient (Wildman–Crippen LogP) is 4.31. The Bertz CT molecular complexity index is 835. The lowest BCUT2D eigenvalue weighted by molar-refractivity contribution is 0.234. The number of benzene rings is 2. The molecule has 0 aliphatic heterocycles. The number of nitrogens with one attached hydrogen (secondary N) is 1. The maximum absolute atomic E-state index is 13.5. The monoisotopic (exact) mass is 355 g/mol. The molecule has 0 aromatic heterocycles. The molecule has 128 valence electrons. The van der Waals surface area contributed by atoms with Gasteiger partial charge >= 0.3 is 5.76 Å². The summed E-state index contributed by atoms with van der Waals surface area (Å²) < 4.78 is 61.4. The first kappa shape index (κ1) is 16.8. The van der Waals surface area contributed by atoms with Crippen LogP contribution in [-0.4, -0.2) is 14.2 Å². The van der Waals surface area contributed by atoms with Gasteiger partial charge in [0.2, 0.25) is 9.84 Å². The molecule has 1 atom stereocenters. The van der Waals surface area contributed by atoms with Crippen LogP contribution in [0.3, 0.4) is 0 Å². The van der Waals surface area contributed by atoms with Crippen LogP contribution < -0.4 is 5.32 Å². The number of alkyl halides is 2. The smallest absolute Gasteiger partial charge is 0.341 e. The molecule has 2 aromatic rings. The maximum Gasteiger partial charge on any atom is 0.341 e. The first-order chi connectivity index (χ1) is 11.4. The van der Waals surface area contributed by atoms with Gasteiger partial charge in [-0.15, -0.1) is 0 Å². The van der Waals surface area contributed by atoms with Gasteiger partial charge in [0.05, 0.1) is 10.9 Å². The highest BCUT2D eigenvalue weighted by molar-refractivity contribution is 7.91. The summed E-state index contributed by atoms with van der Waals surface area (Å²) in [6, 6.07) is 9.82. The standard InChI is InChI=1S/C17H16F3NO2S/c18-12-5-4-11-2-1-3-16(15(11)10-12)21-13-6-8-14(9-7-13)24(22,23)17(19)20/h4-10,16-17,21H,1-3H2. The Kier molecular flexibility index (Phi) is 4.54. The summed E-state index contributed by atoms with van der Waals surface area (Å²) >= 11 is 0. The molecule has 7 heteroatoms. The van der Waals surface area contributed by atoms with Crippen molar-refractivity contribution in [2.75, 3.05) is 5.32 Å². The van der Waals surface area contributed by atoms with Gasteiger partial charge < -0.3 is 5.32 Å². The molecule has 2 aromatic carbocycles. The van der Waals surface area contributed by atoms with E-state index in [1.54, 1.807) is 6.07 Å². The highest BCUT2D eigenvalue weighted by Crippen LogP contribution is 2.33. The number of hydrogen-bond acceptors (Lipinski definition) is 3. The molecule has 0 heterocycles. The zero-order chi connectivity index (χ0) is 17.3. The summed E-state index contributed by atoms with van der Waals surface area (Å²) in [4.78, 5) is -0.418. The highest BCUT2D eigenvalue weighted by atomic mass is 32.2. The number of rotatable bonds is 4. The van der Waals surface area contributed by atoms with Crippen molar-refractivity contribution in [3.8, 4) is 0 Å². The van der Waals surface area contributed by atoms with Crippen molar-refractivity contribution in [3.05, 3.63) is 59.4 Å². The zero-order valence-electron chi connectivity index (χ0n) is 12.7. The molecule has 1 N–H and O–H groups in total. The lowest BCUT2D eigenvalue weighted by Gasteiger charge is -2.27. The normalized spacial score (nSPS) is 17.6. The van der Waals surface area contributed by atoms with Gasteiger partial charge in [0.15, 0.2) is 0 Å². The Morgan fingerprint density at radius 1 is 1.08 bits per heavy atom. The topological polar surface area (TPSA) is 46.2 Å². The van der Waals surface area contributed by atoms with Gasteiger partial charge in [-0.2, -0.15) is 8.78 Å². The molecular formula is C17H16F3NO2S. The first-order valence-corrected chi connectivity index (χ1v) is 9.09. The summed E-state index contributed by atoms with van der Waals surface area (Å²) in [5, 5.41) is 3.22. The summed E-state index contributed by atoms with van der Waals surface area (Å²) in [6.45, 7) is 0. The van der Waals surface area contributed by atoms with Gasteiger partial charge in [-0.05, 0) is 66.8 Å². The lowest BCUT2D eigenvalue weighted by Crippen LogP contribution is -2.18. The van der Waals surface area contributed by atoms with Crippen molar-refractivity contribution < 1.29 is 21.6 Å². The van der Waals surface area contributed by atoms with Crippen molar-refractivity contribution in [1.29, 1.82) is 0 Å². The van der Waals surface area contributed by atoms with E-state index in [0.29, 0.717) is 5.69 Å². The molecular weight excluding hydrogens is 339 g/mol. The minimum atomic E-state index is -4.59. The van der Waals surface area contributed by atoms with Crippen LogP contribution >= 0.6 is 0 Å². The quantitative estimate of drug-likeness (QED) is 0.889. The Morgan fingerprint density at radius 2 is 1.79 bits per heavy atom. The van der Waals surface area contributed by atoms with Crippen molar-refractivity contribution in [2.24, 2.45) is 0 Å². The van der Waals surface area contributed by atoms with E-state index in [1.807, 2.05) is 0 Å². The second-order valence-electron chi connectivity index (χ2n) is 5.76. The molecule has 3 rings (SSSR count). The van der Waals surface area contributed by atoms with E-state index in [4.69, 9.17) is 0 Å². The van der Waals surface area contributed by atoms with Crippen LogP contribution in [0.15, 0.2) is 47.4 Å². The third-order valence-electron chi connectivity index (χ3n) is 4.18. The van der Waals surface area contributed by atoms with Gasteiger partial charge in [-0.3, -0.25) is 0 Å². The fraction of sp³-hybridized carbons (Fsp3) is 0.294. The van der Waals surface area contributed by atoms with Crippen LogP contribution in [-0.2, 0) is 16.3 Å². The number of anilines is 1. The van der Waals surface area contributed by atoms with Crippen molar-refractivity contribution in [3.63, 3.8) is 0 Å². The lowest BCUT2D eigenvalue weighted by atomic mass is 9.87. The van der Waals surface area contributed by atoms with Gasteiger partial charge in [-0.1, -0.05) is 6.07 Å². The molecule has 0 amide bonds. The van der Waals surface area contributed by atoms with E-state index in [-0.39, 0.29) is 11.9 Å². The largest absolute Gasteiger partial charge is 0.378 e. The van der Waals surface area contributed by atoms with Gasteiger partial charge in [0, 0.05) is 5.69 Å². The SMILES string of the molecule is O=S(=O)(c1ccc(NC2CCCc3ccc(F)cc32)cc1)C(F)F. The Hall–Kier alpha value is -2.02. The minimum absolute atomic E-state index is 0.0954. The van der Waals surface area contributed by atoms with Crippen molar-refractivity contribution in [1.82, 2.24) is 0 Å². The van der Waals surface area contributed by atoms with E-state index < -0.39 is 20.5 Å². The van der Waals surface area contributed by atoms with Crippen LogP contribution in [0.25, 0.3) is 0 Å². The number of sulfone groups is 1. The van der Waals surface area contributed by atoms with Crippen LogP contribution in [0.1, 0.15) is 30.0 Å². The average Bonchev–Trinajstić information content (AvgIpc) is 2.56. The number of hydrogen-bond donors (Lipinski definition) is 1. The Labute approximate surface area is 138 Å². The predicted molar refractivity (Wildman–Crippen MR) is 85.3 cm³/mol. The molecule has 1 aliphatic rings. The molecule has 0 bridgehead atoms. The summed E-state index contributed by atoms with van der Waals surface area (Å²) in [6.07, 6.45) is 2.65. The second-order valence-corrected chi connectivity index (χ2v) is 7.68. The number of halogens is 3. The fourth-order valence-electron chi connectivity index (χ4n) is 2.96. The van der Waals surface area contributed by atoms with Crippen molar-refractivity contribution >= 4 is 15.5 Å². The molecule has 24 heavy (non-hydrogen) atoms. The van der Waals surface area contributed by atoms with E-state index in [1.165, 1.54) is 24.3 Å². The Morgan fingerprint density at radius 3 is 2.46 bits per heavy atom. The minimum Gasteiger partial charge on any atom is -0.378 e. The van der Waals surface area contributed by atoms with Crippen LogP contribution in [0.4, 0.5) is 18.9 Å². The molecule has 0 saturated carbocycles. The summed E-state index contributed by atoms with van der Waals surface area (Å²) in [7, 11) is -4.59. The third kappa shape index (κ3) is 3.26. The van der Waals surface area contributed by atoms with E-state index in [9.17, 15) is 21.6 Å². The van der Waals surface area contributed by atoms with Gasteiger partial charge in [0.1, 0.15) is 5.82 Å². The molecule has 0 spiro atoms. The highest BCUT2D eigenvalue weighted by Gasteiger charge is 2.26. The molecule has 0 fully saturated rings. The van der Waals surface area contributed by atoms with Crippen molar-refractivity contribution in [2.45, 2.75) is 36.0 Å². The first-order valence-electron chi connectivity index (χ1n) is 7.55. The molecule has 0 radical (unpaired) electrons. The molecule has 0 saturated heterocycles. The molecule has 1 aliphatic carbocycles. The summed E-state index contributed by atoms with van der Waals surface area (Å²) in [5.74, 6) is -3.75. The Balaban J connectivity index is 1.82. The maximum atomic E-state index is 13.5. The van der Waals surface area contributed by atoms with E-state index in [2.05, 4.69) is 5.32 Å². The molecule has 3 nitrogen and oxygen atoms in total. The van der Waals surface area contributed by atoms with E-state index >= 15 is 0 Å². The van der Waals surface area contributed by atoms with E-state index in [0.717, 1.165) is 42.5 Å². The van der Waals surface area contributed by atoms with Crippen LogP contribution in [0.2, 0.25) is 0 Å². The summed E-state index contributed by atoms with van der Waals surface area (Å²) in [5.41, 5.74) is 2.56. The fourth-order valence-corrected chi connectivity index (χ4v) is 3.69. The average molecular weight is 355 g/mol. The molecule has 1 unspecified atom stereocenters. The number of fused-ring (bicyclic) bond motifs is 1. The third-order valence-corrected chi connectivity index (χ3v) is 5.58. The number of aryl methyl sites for hydroxylation is 1. The van der Waals surface area contributed by atoms with Gasteiger partial charge in [-0.25, -0.2) is 12.8 Å².